The number of alkyl halides is 3. The molecule has 0 aliphatic carbocycles. The number of rotatable bonds is 2. The van der Waals surface area contributed by atoms with Gasteiger partial charge in [0.05, 0.1) is 5.56 Å². The zero-order valence-electron chi connectivity index (χ0n) is 13.4. The lowest BCUT2D eigenvalue weighted by atomic mass is 10.0. The molecule has 6 nitrogen and oxygen atoms in total. The lowest BCUT2D eigenvalue weighted by Crippen LogP contribution is -2.44. The maximum Gasteiger partial charge on any atom is 0.432 e. The third kappa shape index (κ3) is 4.30. The molecular weight excluding hydrogens is 327 g/mol. The highest BCUT2D eigenvalue weighted by Crippen LogP contribution is 2.33. The van der Waals surface area contributed by atoms with E-state index in [1.54, 1.807) is 20.8 Å². The molecule has 9 heteroatoms. The van der Waals surface area contributed by atoms with Gasteiger partial charge >= 0.3 is 18.3 Å². The number of nitrogens with one attached hydrogen (secondary N) is 2. The van der Waals surface area contributed by atoms with E-state index in [9.17, 15) is 22.8 Å². The molecule has 0 aromatic heterocycles. The molecule has 2 N–H and O–H groups in total. The molecule has 1 fully saturated rings. The van der Waals surface area contributed by atoms with E-state index >= 15 is 0 Å². The summed E-state index contributed by atoms with van der Waals surface area (Å²) in [7, 11) is 0. The van der Waals surface area contributed by atoms with Crippen molar-refractivity contribution in [3.8, 4) is 0 Å². The highest BCUT2D eigenvalue weighted by atomic mass is 19.4. The second-order valence-electron chi connectivity index (χ2n) is 6.40. The van der Waals surface area contributed by atoms with Gasteiger partial charge in [0.15, 0.2) is 0 Å². The number of hydrogen-bond acceptors (Lipinski definition) is 3. The second-order valence-corrected chi connectivity index (χ2v) is 6.40. The minimum Gasteiger partial charge on any atom is -0.333 e. The van der Waals surface area contributed by atoms with Crippen LogP contribution in [0.2, 0.25) is 0 Å². The van der Waals surface area contributed by atoms with Gasteiger partial charge in [-0.1, -0.05) is 12.1 Å². The van der Waals surface area contributed by atoms with E-state index in [1.807, 2.05) is 0 Å². The van der Waals surface area contributed by atoms with Crippen molar-refractivity contribution in [1.29, 1.82) is 0 Å². The number of halogens is 3. The molecule has 0 bridgehead atoms. The Morgan fingerprint density at radius 2 is 2.00 bits per heavy atom. The molecule has 1 aliphatic rings. The molecule has 1 aliphatic heterocycles. The van der Waals surface area contributed by atoms with Gasteiger partial charge in [-0.15, -0.1) is 5.06 Å². The third-order valence-electron chi connectivity index (χ3n) is 3.19. The van der Waals surface area contributed by atoms with E-state index in [-0.39, 0.29) is 12.1 Å². The number of carbonyl (C=O) groups is 2. The van der Waals surface area contributed by atoms with Crippen molar-refractivity contribution < 1.29 is 27.6 Å². The van der Waals surface area contributed by atoms with E-state index in [4.69, 9.17) is 4.84 Å². The number of amides is 3. The molecule has 24 heavy (non-hydrogen) atoms. The largest absolute Gasteiger partial charge is 0.432 e. The average Bonchev–Trinajstić information content (AvgIpc) is 2.77. The Morgan fingerprint density at radius 3 is 2.58 bits per heavy atom. The predicted molar refractivity (Wildman–Crippen MR) is 78.8 cm³/mol. The van der Waals surface area contributed by atoms with Gasteiger partial charge in [-0.25, -0.2) is 9.59 Å². The highest BCUT2D eigenvalue weighted by molar-refractivity contribution is 5.78. The Labute approximate surface area is 136 Å². The molecule has 1 aromatic rings. The van der Waals surface area contributed by atoms with Crippen molar-refractivity contribution in [2.75, 3.05) is 6.54 Å². The summed E-state index contributed by atoms with van der Waals surface area (Å²) in [5.41, 5.74) is -1.20. The fraction of sp³-hybridized carbons (Fsp3) is 0.467. The zero-order chi connectivity index (χ0) is 18.1. The van der Waals surface area contributed by atoms with Gasteiger partial charge in [0, 0.05) is 12.1 Å². The normalized spacial score (nSPS) is 18.3. The highest BCUT2D eigenvalue weighted by Gasteiger charge is 2.38. The van der Waals surface area contributed by atoms with Crippen molar-refractivity contribution in [2.24, 2.45) is 0 Å². The summed E-state index contributed by atoms with van der Waals surface area (Å²) in [6.07, 6.45) is -5.36. The van der Waals surface area contributed by atoms with Crippen LogP contribution in [0.1, 0.15) is 37.9 Å². The molecule has 2 rings (SSSR count). The van der Waals surface area contributed by atoms with Crippen LogP contribution in [0, 0.1) is 0 Å². The zero-order valence-corrected chi connectivity index (χ0v) is 13.4. The van der Waals surface area contributed by atoms with E-state index in [0.717, 1.165) is 17.2 Å². The standard InChI is InChI=1S/C15H18F3N3O3/c1-14(2,3)20-13(23)24-21-11(8-19-12(21)22)9-5-4-6-10(7-9)15(16,17)18/h4-7,11H,8H2,1-3H3,(H,19,22)(H,20,23). The molecule has 0 radical (unpaired) electrons. The summed E-state index contributed by atoms with van der Waals surface area (Å²) in [5, 5.41) is 5.70. The summed E-state index contributed by atoms with van der Waals surface area (Å²) in [5.74, 6) is 0. The Morgan fingerprint density at radius 1 is 1.33 bits per heavy atom. The SMILES string of the molecule is CC(C)(C)NC(=O)ON1C(=O)NCC1c1cccc(C(F)(F)F)c1. The Hall–Kier alpha value is -2.45. The maximum absolute atomic E-state index is 12.8. The maximum atomic E-state index is 12.8. The van der Waals surface area contributed by atoms with Crippen molar-refractivity contribution in [2.45, 2.75) is 38.5 Å². The van der Waals surface area contributed by atoms with Crippen LogP contribution >= 0.6 is 0 Å². The van der Waals surface area contributed by atoms with Crippen LogP contribution in [0.25, 0.3) is 0 Å². The minimum absolute atomic E-state index is 0.0307. The van der Waals surface area contributed by atoms with Gasteiger partial charge in [-0.05, 0) is 38.5 Å². The fourth-order valence-corrected chi connectivity index (χ4v) is 2.19. The number of hydrogen-bond donors (Lipinski definition) is 2. The number of hydroxylamine groups is 2. The van der Waals surface area contributed by atoms with Crippen LogP contribution in [0.4, 0.5) is 22.8 Å². The molecule has 0 saturated carbocycles. The van der Waals surface area contributed by atoms with Gasteiger partial charge in [0.2, 0.25) is 0 Å². The van der Waals surface area contributed by atoms with Gasteiger partial charge in [-0.2, -0.15) is 13.2 Å². The van der Waals surface area contributed by atoms with Crippen LogP contribution < -0.4 is 10.6 Å². The summed E-state index contributed by atoms with van der Waals surface area (Å²) in [4.78, 5) is 28.6. The molecule has 0 spiro atoms. The first-order valence-electron chi connectivity index (χ1n) is 7.22. The quantitative estimate of drug-likeness (QED) is 0.865. The molecule has 132 valence electrons. The van der Waals surface area contributed by atoms with E-state index in [2.05, 4.69) is 10.6 Å². The van der Waals surface area contributed by atoms with E-state index in [1.165, 1.54) is 12.1 Å². The average molecular weight is 345 g/mol. The van der Waals surface area contributed by atoms with Gasteiger partial charge < -0.3 is 15.5 Å². The van der Waals surface area contributed by atoms with Crippen LogP contribution in [0.5, 0.6) is 0 Å². The molecule has 1 heterocycles. The first kappa shape index (κ1) is 17.9. The van der Waals surface area contributed by atoms with Crippen LogP contribution in [-0.2, 0) is 11.0 Å². The van der Waals surface area contributed by atoms with E-state index in [0.29, 0.717) is 0 Å². The molecule has 3 amide bonds. The Kier molecular flexibility index (Phi) is 4.63. The molecule has 1 atom stereocenters. The summed E-state index contributed by atoms with van der Waals surface area (Å²) in [6, 6.07) is 3.02. The van der Waals surface area contributed by atoms with Crippen molar-refractivity contribution in [1.82, 2.24) is 15.7 Å². The third-order valence-corrected chi connectivity index (χ3v) is 3.19. The minimum atomic E-state index is -4.50. The Balaban J connectivity index is 2.20. The van der Waals surface area contributed by atoms with Crippen LogP contribution in [0.15, 0.2) is 24.3 Å². The lowest BCUT2D eigenvalue weighted by Gasteiger charge is -2.25. The topological polar surface area (TPSA) is 70.7 Å². The number of carbonyl (C=O) groups excluding carboxylic acids is 2. The molecule has 1 unspecified atom stereocenters. The molecule has 1 aromatic carbocycles. The van der Waals surface area contributed by atoms with E-state index < -0.39 is 35.4 Å². The first-order valence-corrected chi connectivity index (χ1v) is 7.22. The summed E-state index contributed by atoms with van der Waals surface area (Å²) in [6.45, 7) is 5.21. The van der Waals surface area contributed by atoms with Crippen molar-refractivity contribution in [3.05, 3.63) is 35.4 Å². The smallest absolute Gasteiger partial charge is 0.333 e. The van der Waals surface area contributed by atoms with Crippen LogP contribution in [-0.4, -0.2) is 29.3 Å². The van der Waals surface area contributed by atoms with Crippen molar-refractivity contribution >= 4 is 12.1 Å². The summed E-state index contributed by atoms with van der Waals surface area (Å²) >= 11 is 0. The van der Waals surface area contributed by atoms with Crippen molar-refractivity contribution in [3.63, 3.8) is 0 Å². The fourth-order valence-electron chi connectivity index (χ4n) is 2.19. The second kappa shape index (κ2) is 6.21. The van der Waals surface area contributed by atoms with Gasteiger partial charge in [0.1, 0.15) is 6.04 Å². The van der Waals surface area contributed by atoms with Gasteiger partial charge in [0.25, 0.3) is 0 Å². The van der Waals surface area contributed by atoms with Gasteiger partial charge in [-0.3, -0.25) is 0 Å². The first-order chi connectivity index (χ1) is 11.0. The summed E-state index contributed by atoms with van der Waals surface area (Å²) < 4.78 is 38.5. The monoisotopic (exact) mass is 345 g/mol. The molecular formula is C15H18F3N3O3. The number of benzene rings is 1. The number of urea groups is 1. The predicted octanol–water partition coefficient (Wildman–Crippen LogP) is 3.21. The van der Waals surface area contributed by atoms with Crippen LogP contribution in [0.3, 0.4) is 0 Å². The lowest BCUT2D eigenvalue weighted by molar-refractivity contribution is -0.137. The molecule has 1 saturated heterocycles. The Bertz CT molecular complexity index is 641. The number of nitrogens with zero attached hydrogens (tertiary/aromatic N) is 1.